The van der Waals surface area contributed by atoms with Gasteiger partial charge in [-0.3, -0.25) is 4.79 Å². The maximum absolute atomic E-state index is 10.9. The second-order valence-corrected chi connectivity index (χ2v) is 6.84. The van der Waals surface area contributed by atoms with Gasteiger partial charge in [0.25, 0.3) is 0 Å². The Morgan fingerprint density at radius 2 is 1.88 bits per heavy atom. The highest BCUT2D eigenvalue weighted by atomic mass is 32.2. The highest BCUT2D eigenvalue weighted by Gasteiger charge is 2.30. The van der Waals surface area contributed by atoms with Crippen molar-refractivity contribution in [1.82, 2.24) is 0 Å². The molecule has 0 spiro atoms. The monoisotopic (exact) mass is 239 g/mol. The minimum absolute atomic E-state index is 0.155. The summed E-state index contributed by atoms with van der Waals surface area (Å²) in [4.78, 5) is 12.1. The fourth-order valence-corrected chi connectivity index (χ4v) is 2.99. The number of benzene rings is 1. The molecule has 0 aromatic heterocycles. The molecular formula is C13H19O2S+. The van der Waals surface area contributed by atoms with Crippen molar-refractivity contribution in [3.05, 3.63) is 29.8 Å². The third-order valence-electron chi connectivity index (χ3n) is 2.65. The molecule has 0 bridgehead atoms. The van der Waals surface area contributed by atoms with E-state index in [0.717, 1.165) is 5.56 Å². The predicted molar refractivity (Wildman–Crippen MR) is 69.2 cm³/mol. The Hall–Kier alpha value is -0.960. The summed E-state index contributed by atoms with van der Waals surface area (Å²) < 4.78 is 0. The first kappa shape index (κ1) is 13.1. The Balaban J connectivity index is 3.16. The van der Waals surface area contributed by atoms with Gasteiger partial charge in [-0.05, 0) is 6.07 Å². The van der Waals surface area contributed by atoms with Crippen molar-refractivity contribution in [3.63, 3.8) is 0 Å². The average molecular weight is 239 g/mol. The van der Waals surface area contributed by atoms with Gasteiger partial charge >= 0.3 is 5.97 Å². The van der Waals surface area contributed by atoms with Crippen LogP contribution in [0.4, 0.5) is 0 Å². The van der Waals surface area contributed by atoms with Crippen molar-refractivity contribution < 1.29 is 9.90 Å². The van der Waals surface area contributed by atoms with Gasteiger partial charge in [-0.1, -0.05) is 32.0 Å². The molecule has 2 nitrogen and oxygen atoms in total. The quantitative estimate of drug-likeness (QED) is 0.820. The summed E-state index contributed by atoms with van der Waals surface area (Å²) >= 11 is 0. The van der Waals surface area contributed by atoms with E-state index in [4.69, 9.17) is 5.11 Å². The van der Waals surface area contributed by atoms with Crippen LogP contribution in [0, 0.1) is 0 Å². The third-order valence-corrected chi connectivity index (χ3v) is 3.88. The fraction of sp³-hybridized carbons (Fsp3) is 0.462. The first-order valence-electron chi connectivity index (χ1n) is 5.23. The normalized spacial score (nSPS) is 11.8. The van der Waals surface area contributed by atoms with Crippen molar-refractivity contribution in [2.75, 3.05) is 12.5 Å². The van der Waals surface area contributed by atoms with Gasteiger partial charge in [-0.15, -0.1) is 0 Å². The molecular weight excluding hydrogens is 220 g/mol. The van der Waals surface area contributed by atoms with Crippen molar-refractivity contribution >= 4 is 16.9 Å². The van der Waals surface area contributed by atoms with Gasteiger partial charge in [0.05, 0.1) is 6.42 Å². The molecule has 88 valence electrons. The van der Waals surface area contributed by atoms with E-state index in [2.05, 4.69) is 18.6 Å². The van der Waals surface area contributed by atoms with Crippen LogP contribution in [0.15, 0.2) is 29.2 Å². The van der Waals surface area contributed by atoms with E-state index in [1.54, 1.807) is 0 Å². The van der Waals surface area contributed by atoms with Gasteiger partial charge in [-0.2, -0.15) is 0 Å². The van der Waals surface area contributed by atoms with Crippen LogP contribution in [0.2, 0.25) is 0 Å². The van der Waals surface area contributed by atoms with Gasteiger partial charge in [0.2, 0.25) is 0 Å². The zero-order valence-electron chi connectivity index (χ0n) is 10.3. The molecule has 1 aromatic carbocycles. The fourth-order valence-electron chi connectivity index (χ4n) is 1.86. The Labute approximate surface area is 100 Å². The highest BCUT2D eigenvalue weighted by molar-refractivity contribution is 7.95. The smallest absolute Gasteiger partial charge is 0.304 e. The first-order chi connectivity index (χ1) is 7.34. The third kappa shape index (κ3) is 3.01. The Bertz CT molecular complexity index is 383. The number of hydrogen-bond donors (Lipinski definition) is 1. The molecule has 0 saturated carbocycles. The molecule has 16 heavy (non-hydrogen) atoms. The standard InChI is InChI=1S/C13H18O2S/c1-13(2,9-12(14)15)10-7-5-6-8-11(10)16(3)4/h5-8H,9H2,1-4H3/p+1. The van der Waals surface area contributed by atoms with E-state index in [1.807, 2.05) is 32.0 Å². The van der Waals surface area contributed by atoms with Crippen molar-refractivity contribution in [3.8, 4) is 0 Å². The summed E-state index contributed by atoms with van der Waals surface area (Å²) in [5.74, 6) is -0.744. The van der Waals surface area contributed by atoms with Crippen LogP contribution in [0.3, 0.4) is 0 Å². The number of carbonyl (C=O) groups is 1. The summed E-state index contributed by atoms with van der Waals surface area (Å²) in [7, 11) is 0.155. The van der Waals surface area contributed by atoms with Crippen molar-refractivity contribution in [1.29, 1.82) is 0 Å². The molecule has 0 radical (unpaired) electrons. The predicted octanol–water partition coefficient (Wildman–Crippen LogP) is 2.68. The van der Waals surface area contributed by atoms with Gasteiger partial charge < -0.3 is 5.11 Å². The lowest BCUT2D eigenvalue weighted by Crippen LogP contribution is -2.24. The second-order valence-electron chi connectivity index (χ2n) is 4.77. The number of hydrogen-bond acceptors (Lipinski definition) is 1. The van der Waals surface area contributed by atoms with Crippen LogP contribution in [0.1, 0.15) is 25.8 Å². The van der Waals surface area contributed by atoms with Crippen LogP contribution >= 0.6 is 0 Å². The molecule has 0 amide bonds. The molecule has 1 N–H and O–H groups in total. The zero-order chi connectivity index (χ0) is 12.3. The maximum atomic E-state index is 10.9. The highest BCUT2D eigenvalue weighted by Crippen LogP contribution is 2.32. The lowest BCUT2D eigenvalue weighted by molar-refractivity contribution is -0.138. The summed E-state index contributed by atoms with van der Waals surface area (Å²) in [5, 5.41) is 8.94. The van der Waals surface area contributed by atoms with E-state index >= 15 is 0 Å². The Morgan fingerprint density at radius 1 is 1.31 bits per heavy atom. The lowest BCUT2D eigenvalue weighted by Gasteiger charge is -2.24. The van der Waals surface area contributed by atoms with Crippen LogP contribution in [0.5, 0.6) is 0 Å². The Morgan fingerprint density at radius 3 is 2.38 bits per heavy atom. The molecule has 3 heteroatoms. The SMILES string of the molecule is C[S+](C)c1ccccc1C(C)(C)CC(=O)O. The van der Waals surface area contributed by atoms with Crippen LogP contribution in [-0.4, -0.2) is 23.6 Å². The van der Waals surface area contributed by atoms with E-state index in [9.17, 15) is 4.79 Å². The molecule has 1 aromatic rings. The summed E-state index contributed by atoms with van der Waals surface area (Å²) in [5.41, 5.74) is 0.852. The van der Waals surface area contributed by atoms with Crippen LogP contribution in [-0.2, 0) is 21.1 Å². The molecule has 0 unspecified atom stereocenters. The van der Waals surface area contributed by atoms with Crippen LogP contribution < -0.4 is 0 Å². The van der Waals surface area contributed by atoms with E-state index < -0.39 is 5.97 Å². The minimum atomic E-state index is -0.744. The lowest BCUT2D eigenvalue weighted by atomic mass is 9.81. The van der Waals surface area contributed by atoms with E-state index in [-0.39, 0.29) is 22.7 Å². The number of aliphatic carboxylic acids is 1. The molecule has 0 fully saturated rings. The topological polar surface area (TPSA) is 37.3 Å². The van der Waals surface area contributed by atoms with Gasteiger partial charge in [0.1, 0.15) is 12.5 Å². The first-order valence-corrected chi connectivity index (χ1v) is 7.27. The zero-order valence-corrected chi connectivity index (χ0v) is 11.1. The molecule has 0 aliphatic rings. The van der Waals surface area contributed by atoms with Gasteiger partial charge in [0, 0.05) is 21.9 Å². The minimum Gasteiger partial charge on any atom is -0.481 e. The second kappa shape index (κ2) is 4.91. The van der Waals surface area contributed by atoms with Crippen LogP contribution in [0.25, 0.3) is 0 Å². The Kier molecular flexibility index (Phi) is 4.03. The number of rotatable bonds is 4. The molecule has 0 aliphatic carbocycles. The van der Waals surface area contributed by atoms with E-state index in [1.165, 1.54) is 4.90 Å². The number of carboxylic acid groups (broad SMARTS) is 1. The van der Waals surface area contributed by atoms with E-state index in [0.29, 0.717) is 0 Å². The van der Waals surface area contributed by atoms with Gasteiger partial charge in [-0.25, -0.2) is 0 Å². The maximum Gasteiger partial charge on any atom is 0.304 e. The molecule has 1 rings (SSSR count). The molecule has 0 aliphatic heterocycles. The van der Waals surface area contributed by atoms with Gasteiger partial charge in [0.15, 0.2) is 4.90 Å². The summed E-state index contributed by atoms with van der Waals surface area (Å²) in [6.07, 6.45) is 4.49. The molecule has 0 atom stereocenters. The van der Waals surface area contributed by atoms with Crippen molar-refractivity contribution in [2.24, 2.45) is 0 Å². The summed E-state index contributed by atoms with van der Waals surface area (Å²) in [6, 6.07) is 8.14. The largest absolute Gasteiger partial charge is 0.481 e. The number of carboxylic acids is 1. The average Bonchev–Trinajstić information content (AvgIpc) is 2.15. The molecule has 0 saturated heterocycles. The molecule has 0 heterocycles. The van der Waals surface area contributed by atoms with Crippen molar-refractivity contribution in [2.45, 2.75) is 30.6 Å². The summed E-state index contributed by atoms with van der Waals surface area (Å²) in [6.45, 7) is 3.99.